The number of hydrogen-bond acceptors (Lipinski definition) is 20. The molecule has 4 bridgehead atoms. The van der Waals surface area contributed by atoms with Crippen LogP contribution in [0.25, 0.3) is 0 Å². The number of imide groups is 1. The standard InChI is InChI=1S/C26H30FN3O6S.C21H24FN3O4S.C9H11NO5/c1-15-24(34-19-11-16-5-6-17(12-19)30(16)26(31)35-18-3-2-4-18)28-14-29-25(15)36-23-10-9-21(13-22(23)27)37(32,33)20-7-8-20;1-12-20(28-15-8-13-2-3-14(9-15)25-13)23-11-24-21(12)29-19-7-6-17(10-18(19)22)30(26,27)16-4-5-16;11-7-4-5-8(12)10(7)15-9(13)14-6-2-1-3-6/h9-10,13-14,16-20H,2-8,11-12H2,1H3;6-7,10-11,13-16,25H,2-5,8-9H2,1H3;6H,1-5H2/t16-,17?,19?;13-,14?,15?;/m00./s1. The number of ether oxygens (including phenoxy) is 6. The minimum Gasteiger partial charge on any atom is -0.474 e. The van der Waals surface area contributed by atoms with Crippen molar-refractivity contribution in [1.82, 2.24) is 35.2 Å². The van der Waals surface area contributed by atoms with E-state index in [1.54, 1.807) is 13.8 Å². The molecule has 440 valence electrons. The number of rotatable bonds is 15. The van der Waals surface area contributed by atoms with E-state index in [0.29, 0.717) is 78.6 Å². The number of nitrogens with zero attached hydrogens (tertiary/aromatic N) is 6. The Kier molecular flexibility index (Phi) is 16.6. The quantitative estimate of drug-likeness (QED) is 0.0860. The lowest BCUT2D eigenvalue weighted by atomic mass is 9.96. The molecule has 6 atom stereocenters. The molecule has 4 saturated carbocycles. The first kappa shape index (κ1) is 57.0. The molecular formula is C56H65F2N7O15S2. The molecule has 5 saturated heterocycles. The molecule has 2 aromatic carbocycles. The number of amides is 3. The van der Waals surface area contributed by atoms with Crippen LogP contribution in [0.15, 0.2) is 58.8 Å². The van der Waals surface area contributed by atoms with E-state index < -0.39 is 59.8 Å². The summed E-state index contributed by atoms with van der Waals surface area (Å²) in [7, 11) is -6.96. The molecule has 4 unspecified atom stereocenters. The monoisotopic (exact) mass is 1180 g/mol. The highest BCUT2D eigenvalue weighted by molar-refractivity contribution is 7.92. The molecular weight excluding hydrogens is 1110 g/mol. The molecule has 3 amide bonds. The maximum atomic E-state index is 14.7. The van der Waals surface area contributed by atoms with E-state index in [4.69, 9.17) is 28.4 Å². The van der Waals surface area contributed by atoms with Crippen molar-refractivity contribution in [2.45, 2.75) is 211 Å². The van der Waals surface area contributed by atoms with Gasteiger partial charge in [0.2, 0.25) is 23.5 Å². The van der Waals surface area contributed by atoms with Crippen LogP contribution in [0.5, 0.6) is 35.0 Å². The number of carbonyl (C=O) groups is 4. The molecule has 9 aliphatic rings. The van der Waals surface area contributed by atoms with Crippen molar-refractivity contribution < 1.29 is 78.1 Å². The van der Waals surface area contributed by atoms with Gasteiger partial charge in [0.15, 0.2) is 42.8 Å². The van der Waals surface area contributed by atoms with Gasteiger partial charge >= 0.3 is 12.2 Å². The Morgan fingerprint density at radius 1 is 0.561 bits per heavy atom. The van der Waals surface area contributed by atoms with Gasteiger partial charge in [-0.25, -0.2) is 55.1 Å². The molecule has 1 N–H and O–H groups in total. The van der Waals surface area contributed by atoms with E-state index in [1.807, 2.05) is 4.90 Å². The summed E-state index contributed by atoms with van der Waals surface area (Å²) in [6.45, 7) is 3.50. The normalized spacial score (nSPS) is 24.9. The van der Waals surface area contributed by atoms with Crippen LogP contribution in [-0.4, -0.2) is 130 Å². The molecule has 22 nitrogen and oxygen atoms in total. The average molecular weight is 1180 g/mol. The Morgan fingerprint density at radius 3 is 1.43 bits per heavy atom. The summed E-state index contributed by atoms with van der Waals surface area (Å²) in [5.74, 6) is -1.63. The second-order valence-corrected chi connectivity index (χ2v) is 26.9. The third-order valence-electron chi connectivity index (χ3n) is 16.5. The zero-order chi connectivity index (χ0) is 57.5. The summed E-state index contributed by atoms with van der Waals surface area (Å²) in [6, 6.07) is 8.53. The van der Waals surface area contributed by atoms with Gasteiger partial charge in [-0.1, -0.05) is 5.06 Å². The minimum absolute atomic E-state index is 0.0150. The van der Waals surface area contributed by atoms with Gasteiger partial charge in [0, 0.05) is 49.9 Å². The van der Waals surface area contributed by atoms with Gasteiger partial charge in [0.05, 0.1) is 31.4 Å². The summed E-state index contributed by atoms with van der Waals surface area (Å²) in [5.41, 5.74) is 1.09. The summed E-state index contributed by atoms with van der Waals surface area (Å²) in [4.78, 5) is 69.0. The number of piperidine rings is 2. The van der Waals surface area contributed by atoms with Crippen LogP contribution in [-0.2, 0) is 43.6 Å². The van der Waals surface area contributed by atoms with Crippen LogP contribution in [0, 0.1) is 25.5 Å². The van der Waals surface area contributed by atoms with Crippen molar-refractivity contribution in [3.63, 3.8) is 0 Å². The van der Waals surface area contributed by atoms with Gasteiger partial charge in [-0.15, -0.1) is 0 Å². The third kappa shape index (κ3) is 12.9. The summed E-state index contributed by atoms with van der Waals surface area (Å²) >= 11 is 0. The van der Waals surface area contributed by atoms with Gasteiger partial charge in [0.1, 0.15) is 37.1 Å². The Labute approximate surface area is 473 Å². The van der Waals surface area contributed by atoms with E-state index in [1.165, 1.54) is 49.8 Å². The number of benzene rings is 2. The van der Waals surface area contributed by atoms with Crippen molar-refractivity contribution in [1.29, 1.82) is 0 Å². The number of halogens is 2. The van der Waals surface area contributed by atoms with Crippen molar-refractivity contribution in [2.75, 3.05) is 0 Å². The van der Waals surface area contributed by atoms with Crippen LogP contribution >= 0.6 is 0 Å². The van der Waals surface area contributed by atoms with Crippen LogP contribution in [0.2, 0.25) is 0 Å². The fourth-order valence-corrected chi connectivity index (χ4v) is 14.5. The molecule has 82 heavy (non-hydrogen) atoms. The van der Waals surface area contributed by atoms with E-state index in [9.17, 15) is 44.8 Å². The third-order valence-corrected chi connectivity index (χ3v) is 21.0. The SMILES string of the molecule is Cc1c(Oc2ccc(S(=O)(=O)C3CC3)cc2F)ncnc1OC1CC2CC[C@@H](C1)N2.Cc1c(Oc2ccc(S(=O)(=O)C3CC3)cc2F)ncnc1OC1CC2CC[C@@H](C1)N2C(=O)OC1CCC1.O=C(OC1CCC1)ON1C(=O)CCC1=O. The van der Waals surface area contributed by atoms with E-state index in [-0.39, 0.29) is 88.5 Å². The van der Waals surface area contributed by atoms with Crippen molar-refractivity contribution >= 4 is 43.7 Å². The fourth-order valence-electron chi connectivity index (χ4n) is 11.1. The first-order valence-corrected chi connectivity index (χ1v) is 31.3. The first-order valence-electron chi connectivity index (χ1n) is 28.2. The largest absolute Gasteiger partial charge is 0.534 e. The molecule has 4 aromatic rings. The molecule has 2 aromatic heterocycles. The molecule has 0 radical (unpaired) electrons. The van der Waals surface area contributed by atoms with Gasteiger partial charge in [0.25, 0.3) is 11.8 Å². The average Bonchev–Trinajstić information content (AvgIpc) is 4.48. The number of carbonyl (C=O) groups excluding carboxylic acids is 4. The molecule has 9 fully saturated rings. The predicted octanol–water partition coefficient (Wildman–Crippen LogP) is 8.79. The summed E-state index contributed by atoms with van der Waals surface area (Å²) in [5, 5.41) is 3.25. The lowest BCUT2D eigenvalue weighted by molar-refractivity contribution is -0.179. The Hall–Kier alpha value is -6.80. The van der Waals surface area contributed by atoms with E-state index in [0.717, 1.165) is 76.3 Å². The van der Waals surface area contributed by atoms with Crippen LogP contribution in [0.4, 0.5) is 18.4 Å². The zero-order valence-corrected chi connectivity index (χ0v) is 47.0. The van der Waals surface area contributed by atoms with Crippen LogP contribution in [0.1, 0.15) is 140 Å². The van der Waals surface area contributed by atoms with Crippen molar-refractivity contribution in [3.05, 3.63) is 71.8 Å². The number of hydrogen-bond donors (Lipinski definition) is 1. The number of hydroxylamine groups is 2. The van der Waals surface area contributed by atoms with Gasteiger partial charge < -0.3 is 38.6 Å². The molecule has 7 heterocycles. The van der Waals surface area contributed by atoms with E-state index in [2.05, 4.69) is 30.1 Å². The van der Waals surface area contributed by atoms with Gasteiger partial charge in [-0.05, 0) is 153 Å². The molecule has 5 aliphatic heterocycles. The van der Waals surface area contributed by atoms with Gasteiger partial charge in [-0.2, -0.15) is 0 Å². The van der Waals surface area contributed by atoms with Crippen molar-refractivity contribution in [2.24, 2.45) is 0 Å². The minimum atomic E-state index is -3.50. The zero-order valence-electron chi connectivity index (χ0n) is 45.4. The number of nitrogens with one attached hydrogen (secondary N) is 1. The highest BCUT2D eigenvalue weighted by Gasteiger charge is 2.46. The molecule has 0 spiro atoms. The number of aromatic nitrogens is 4. The highest BCUT2D eigenvalue weighted by atomic mass is 32.2. The summed E-state index contributed by atoms with van der Waals surface area (Å²) in [6.07, 6.45) is 17.1. The second-order valence-electron chi connectivity index (χ2n) is 22.5. The van der Waals surface area contributed by atoms with Crippen molar-refractivity contribution in [3.8, 4) is 35.0 Å². The molecule has 13 rings (SSSR count). The molecule has 26 heteroatoms. The lowest BCUT2D eigenvalue weighted by Crippen LogP contribution is -2.50. The smallest absolute Gasteiger partial charge is 0.474 e. The molecule has 4 aliphatic carbocycles. The number of sulfone groups is 2. The van der Waals surface area contributed by atoms with Crippen LogP contribution in [0.3, 0.4) is 0 Å². The second kappa shape index (κ2) is 23.8. The maximum Gasteiger partial charge on any atom is 0.534 e. The van der Waals surface area contributed by atoms with E-state index >= 15 is 0 Å². The lowest BCUT2D eigenvalue weighted by Gasteiger charge is -2.39. The highest BCUT2D eigenvalue weighted by Crippen LogP contribution is 2.42. The maximum absolute atomic E-state index is 14.7. The number of fused-ring (bicyclic) bond motifs is 4. The van der Waals surface area contributed by atoms with Gasteiger partial charge in [-0.3, -0.25) is 14.4 Å². The topological polar surface area (TPSA) is 271 Å². The van der Waals surface area contributed by atoms with Crippen LogP contribution < -0.4 is 24.3 Å². The first-order chi connectivity index (χ1) is 39.4. The summed E-state index contributed by atoms with van der Waals surface area (Å²) < 4.78 is 113. The fraction of sp³-hybridized carbons (Fsp3) is 0.571. The Morgan fingerprint density at radius 2 is 1.00 bits per heavy atom. The Bertz CT molecular complexity index is 3280. The Balaban J connectivity index is 0.000000140. The predicted molar refractivity (Wildman–Crippen MR) is 283 cm³/mol.